The van der Waals surface area contributed by atoms with Crippen LogP contribution < -0.4 is 11.3 Å². The second-order valence-corrected chi connectivity index (χ2v) is 7.45. The minimum Gasteiger partial charge on any atom is -0.271 e. The van der Waals surface area contributed by atoms with Gasteiger partial charge in [-0.1, -0.05) is 29.8 Å². The molecule has 0 aliphatic rings. The van der Waals surface area contributed by atoms with E-state index >= 15 is 0 Å². The highest BCUT2D eigenvalue weighted by atomic mass is 79.9. The Morgan fingerprint density at radius 1 is 1.33 bits per heavy atom. The van der Waals surface area contributed by atoms with E-state index in [2.05, 4.69) is 43.4 Å². The number of hydrogen-bond donors (Lipinski definition) is 2. The predicted octanol–water partition coefficient (Wildman–Crippen LogP) is 4.67. The third kappa shape index (κ3) is 3.35. The molecule has 0 radical (unpaired) electrons. The largest absolute Gasteiger partial charge is 0.271 e. The summed E-state index contributed by atoms with van der Waals surface area (Å²) < 4.78 is 2.11. The van der Waals surface area contributed by atoms with Crippen LogP contribution in [0.25, 0.3) is 0 Å². The summed E-state index contributed by atoms with van der Waals surface area (Å²) in [5.41, 5.74) is 3.93. The molecule has 2 rings (SSSR count). The quantitative estimate of drug-likeness (QED) is 0.568. The normalized spacial score (nSPS) is 12.7. The Kier molecular flexibility index (Phi) is 5.24. The van der Waals surface area contributed by atoms with Crippen molar-refractivity contribution in [1.82, 2.24) is 5.43 Å². The van der Waals surface area contributed by atoms with Crippen LogP contribution in [0.4, 0.5) is 0 Å². The van der Waals surface area contributed by atoms with Gasteiger partial charge >= 0.3 is 0 Å². The first-order valence-corrected chi connectivity index (χ1v) is 8.04. The zero-order valence-corrected chi connectivity index (χ0v) is 14.0. The molecule has 0 aliphatic heterocycles. The summed E-state index contributed by atoms with van der Waals surface area (Å²) in [5, 5.41) is 0.771. The molecule has 0 saturated carbocycles. The molecule has 0 aliphatic carbocycles. The van der Waals surface area contributed by atoms with Crippen LogP contribution in [0.3, 0.4) is 0 Å². The molecule has 2 nitrogen and oxygen atoms in total. The molecule has 1 unspecified atom stereocenters. The molecule has 18 heavy (non-hydrogen) atoms. The smallest absolute Gasteiger partial charge is 0.0843 e. The van der Waals surface area contributed by atoms with Gasteiger partial charge in [-0.2, -0.15) is 0 Å². The van der Waals surface area contributed by atoms with E-state index in [0.29, 0.717) is 0 Å². The molecule has 0 saturated heterocycles. The molecule has 1 atom stereocenters. The number of hydrazine groups is 1. The van der Waals surface area contributed by atoms with E-state index in [1.807, 2.05) is 24.3 Å². The zero-order chi connectivity index (χ0) is 13.1. The van der Waals surface area contributed by atoms with Gasteiger partial charge in [0, 0.05) is 14.4 Å². The molecule has 0 amide bonds. The summed E-state index contributed by atoms with van der Waals surface area (Å²) in [7, 11) is 0. The number of thiophene rings is 1. The predicted molar refractivity (Wildman–Crippen MR) is 84.9 cm³/mol. The molecule has 96 valence electrons. The number of hydrogen-bond acceptors (Lipinski definition) is 3. The van der Waals surface area contributed by atoms with Crippen LogP contribution in [0.2, 0.25) is 5.02 Å². The SMILES string of the molecule is NNC(Cc1ccccc1Cl)c1cc(Br)c(Br)s1. The Labute approximate surface area is 132 Å². The van der Waals surface area contributed by atoms with Crippen molar-refractivity contribution in [3.05, 3.63) is 54.1 Å². The van der Waals surface area contributed by atoms with Gasteiger partial charge in [0.25, 0.3) is 0 Å². The van der Waals surface area contributed by atoms with Crippen molar-refractivity contribution in [2.75, 3.05) is 0 Å². The van der Waals surface area contributed by atoms with Gasteiger partial charge in [-0.25, -0.2) is 0 Å². The van der Waals surface area contributed by atoms with Crippen molar-refractivity contribution in [1.29, 1.82) is 0 Å². The highest BCUT2D eigenvalue weighted by Gasteiger charge is 2.16. The maximum atomic E-state index is 6.17. The Balaban J connectivity index is 2.22. The molecular weight excluding hydrogens is 399 g/mol. The number of halogens is 3. The maximum absolute atomic E-state index is 6.17. The van der Waals surface area contributed by atoms with Gasteiger partial charge in [-0.15, -0.1) is 11.3 Å². The Morgan fingerprint density at radius 2 is 2.06 bits per heavy atom. The molecule has 1 heterocycles. The minimum absolute atomic E-state index is 0.0532. The van der Waals surface area contributed by atoms with Crippen molar-refractivity contribution in [2.24, 2.45) is 5.84 Å². The van der Waals surface area contributed by atoms with Crippen LogP contribution in [0.5, 0.6) is 0 Å². The molecular formula is C12H11Br2ClN2S. The van der Waals surface area contributed by atoms with Gasteiger partial charge in [0.2, 0.25) is 0 Å². The van der Waals surface area contributed by atoms with E-state index in [1.165, 1.54) is 0 Å². The monoisotopic (exact) mass is 408 g/mol. The number of benzene rings is 1. The van der Waals surface area contributed by atoms with Crippen molar-refractivity contribution < 1.29 is 0 Å². The summed E-state index contributed by atoms with van der Waals surface area (Å²) >= 11 is 14.8. The Bertz CT molecular complexity index is 525. The first-order chi connectivity index (χ1) is 8.61. The standard InChI is InChI=1S/C12H11Br2ClN2S/c13-8-6-11(18-12(8)14)10(17-16)5-7-3-1-2-4-9(7)15/h1-4,6,10,17H,5,16H2. The van der Waals surface area contributed by atoms with E-state index in [9.17, 15) is 0 Å². The van der Waals surface area contributed by atoms with Crippen LogP contribution >= 0.6 is 54.8 Å². The zero-order valence-electron chi connectivity index (χ0n) is 9.29. The van der Waals surface area contributed by atoms with Gasteiger partial charge in [0.1, 0.15) is 0 Å². The van der Waals surface area contributed by atoms with Crippen molar-refractivity contribution in [3.63, 3.8) is 0 Å². The molecule has 0 fully saturated rings. The summed E-state index contributed by atoms with van der Waals surface area (Å²) in [6, 6.07) is 9.94. The van der Waals surface area contributed by atoms with Crippen LogP contribution in [0.1, 0.15) is 16.5 Å². The van der Waals surface area contributed by atoms with E-state index in [1.54, 1.807) is 11.3 Å². The van der Waals surface area contributed by atoms with E-state index < -0.39 is 0 Å². The van der Waals surface area contributed by atoms with E-state index in [-0.39, 0.29) is 6.04 Å². The van der Waals surface area contributed by atoms with Gasteiger partial charge in [-0.05, 0) is 56.0 Å². The van der Waals surface area contributed by atoms with E-state index in [0.717, 1.165) is 30.1 Å². The molecule has 2 aromatic rings. The topological polar surface area (TPSA) is 38.0 Å². The van der Waals surface area contributed by atoms with Crippen LogP contribution in [-0.2, 0) is 6.42 Å². The molecule has 1 aromatic heterocycles. The minimum atomic E-state index is 0.0532. The van der Waals surface area contributed by atoms with Gasteiger partial charge in [0.05, 0.1) is 9.83 Å². The van der Waals surface area contributed by atoms with Crippen LogP contribution in [0.15, 0.2) is 38.6 Å². The lowest BCUT2D eigenvalue weighted by molar-refractivity contribution is 0.560. The second-order valence-electron chi connectivity index (χ2n) is 3.79. The summed E-state index contributed by atoms with van der Waals surface area (Å²) in [4.78, 5) is 1.16. The first-order valence-electron chi connectivity index (χ1n) is 5.26. The Morgan fingerprint density at radius 3 is 2.61 bits per heavy atom. The molecule has 0 spiro atoms. The fourth-order valence-electron chi connectivity index (χ4n) is 1.66. The van der Waals surface area contributed by atoms with Crippen molar-refractivity contribution in [2.45, 2.75) is 12.5 Å². The van der Waals surface area contributed by atoms with Crippen LogP contribution in [0, 0.1) is 0 Å². The molecule has 0 bridgehead atoms. The van der Waals surface area contributed by atoms with E-state index in [4.69, 9.17) is 17.4 Å². The Hall–Kier alpha value is 0.0900. The lowest BCUT2D eigenvalue weighted by Crippen LogP contribution is -2.29. The van der Waals surface area contributed by atoms with Gasteiger partial charge in [0.15, 0.2) is 0 Å². The fourth-order valence-corrected chi connectivity index (χ4v) is 4.02. The lowest BCUT2D eigenvalue weighted by atomic mass is 10.1. The summed E-state index contributed by atoms with van der Waals surface area (Å²) in [6.45, 7) is 0. The van der Waals surface area contributed by atoms with Crippen molar-refractivity contribution in [3.8, 4) is 0 Å². The molecule has 6 heteroatoms. The first kappa shape index (κ1) is 14.5. The van der Waals surface area contributed by atoms with Gasteiger partial charge < -0.3 is 0 Å². The second kappa shape index (κ2) is 6.50. The van der Waals surface area contributed by atoms with Crippen molar-refractivity contribution >= 4 is 54.8 Å². The average molecular weight is 411 g/mol. The highest BCUT2D eigenvalue weighted by molar-refractivity contribution is 9.13. The number of rotatable bonds is 4. The number of nitrogens with two attached hydrogens (primary N) is 1. The van der Waals surface area contributed by atoms with Crippen LogP contribution in [-0.4, -0.2) is 0 Å². The summed E-state index contributed by atoms with van der Waals surface area (Å²) in [5.74, 6) is 5.65. The molecule has 3 N–H and O–H groups in total. The highest BCUT2D eigenvalue weighted by Crippen LogP contribution is 2.36. The fraction of sp³-hybridized carbons (Fsp3) is 0.167. The average Bonchev–Trinajstić information content (AvgIpc) is 2.68. The summed E-state index contributed by atoms with van der Waals surface area (Å²) in [6.07, 6.45) is 0.759. The molecule has 1 aromatic carbocycles. The lowest BCUT2D eigenvalue weighted by Gasteiger charge is -2.15. The van der Waals surface area contributed by atoms with Gasteiger partial charge in [-0.3, -0.25) is 11.3 Å². The third-order valence-electron chi connectivity index (χ3n) is 2.59. The third-order valence-corrected chi connectivity index (χ3v) is 6.33. The maximum Gasteiger partial charge on any atom is 0.0843 e. The number of nitrogens with one attached hydrogen (secondary N) is 1.